The number of rotatable bonds is 6. The van der Waals surface area contributed by atoms with Crippen LogP contribution in [0.5, 0.6) is 0 Å². The van der Waals surface area contributed by atoms with Gasteiger partial charge >= 0.3 is 0 Å². The minimum absolute atomic E-state index is 0.581. The Hall–Kier alpha value is -0.880. The van der Waals surface area contributed by atoms with Crippen molar-refractivity contribution in [3.05, 3.63) is 59.1 Å². The van der Waals surface area contributed by atoms with Crippen LogP contribution in [-0.2, 0) is 16.6 Å². The van der Waals surface area contributed by atoms with Gasteiger partial charge in [-0.1, -0.05) is 47.6 Å². The molecule has 0 bridgehead atoms. The Morgan fingerprint density at radius 1 is 1.14 bits per heavy atom. The van der Waals surface area contributed by atoms with E-state index in [2.05, 4.69) is 11.1 Å². The summed E-state index contributed by atoms with van der Waals surface area (Å²) in [6.45, 7) is 0. The van der Waals surface area contributed by atoms with Gasteiger partial charge in [-0.15, -0.1) is 11.3 Å². The molecule has 0 saturated carbocycles. The summed E-state index contributed by atoms with van der Waals surface area (Å²) in [6.07, 6.45) is 0. The van der Waals surface area contributed by atoms with Crippen LogP contribution in [0.2, 0.25) is 5.02 Å². The summed E-state index contributed by atoms with van der Waals surface area (Å²) in [4.78, 5) is 4.57. The van der Waals surface area contributed by atoms with Gasteiger partial charge in [-0.3, -0.25) is 4.21 Å². The third kappa shape index (κ3) is 4.32. The predicted molar refractivity (Wildman–Crippen MR) is 98.5 cm³/mol. The molecule has 1 atom stereocenters. The maximum atomic E-state index is 12.1. The number of hydrogen-bond acceptors (Lipinski definition) is 4. The topological polar surface area (TPSA) is 30.0 Å². The molecule has 22 heavy (non-hydrogen) atoms. The number of fused-ring (bicyclic) bond motifs is 1. The van der Waals surface area contributed by atoms with Crippen molar-refractivity contribution in [2.75, 3.05) is 11.5 Å². The Morgan fingerprint density at radius 2 is 1.91 bits per heavy atom. The molecule has 0 radical (unpaired) electrons. The molecule has 1 aromatic heterocycles. The van der Waals surface area contributed by atoms with Crippen molar-refractivity contribution in [3.63, 3.8) is 0 Å². The van der Waals surface area contributed by atoms with Crippen molar-refractivity contribution in [2.24, 2.45) is 0 Å². The van der Waals surface area contributed by atoms with E-state index in [4.69, 9.17) is 11.6 Å². The zero-order chi connectivity index (χ0) is 15.4. The number of aromatic nitrogens is 1. The SMILES string of the molecule is O=[S@@](CCSc1nc2ccccc2s1)Cc1ccc(Cl)cc1. The number of hydrogen-bond donors (Lipinski definition) is 0. The lowest BCUT2D eigenvalue weighted by Crippen LogP contribution is -2.03. The van der Waals surface area contributed by atoms with Crippen LogP contribution in [0.4, 0.5) is 0 Å². The average Bonchev–Trinajstić information content (AvgIpc) is 2.92. The van der Waals surface area contributed by atoms with Crippen molar-refractivity contribution < 1.29 is 4.21 Å². The Labute approximate surface area is 145 Å². The lowest BCUT2D eigenvalue weighted by Gasteiger charge is -2.02. The summed E-state index contributed by atoms with van der Waals surface area (Å²) in [5, 5.41) is 0.709. The molecule has 1 heterocycles. The first-order valence-corrected chi connectivity index (χ1v) is 10.5. The molecular formula is C16H14ClNOS3. The van der Waals surface area contributed by atoms with E-state index in [9.17, 15) is 4.21 Å². The second-order valence-corrected chi connectivity index (χ2v) is 9.10. The van der Waals surface area contributed by atoms with Crippen LogP contribution in [0.3, 0.4) is 0 Å². The third-order valence-corrected chi connectivity index (χ3v) is 7.06. The summed E-state index contributed by atoms with van der Waals surface area (Å²) in [5.41, 5.74) is 2.10. The lowest BCUT2D eigenvalue weighted by atomic mass is 10.2. The molecule has 0 saturated heterocycles. The Morgan fingerprint density at radius 3 is 2.68 bits per heavy atom. The lowest BCUT2D eigenvalue weighted by molar-refractivity contribution is 0.683. The number of thioether (sulfide) groups is 1. The first kappa shape index (κ1) is 16.0. The van der Waals surface area contributed by atoms with Crippen LogP contribution in [0, 0.1) is 0 Å². The highest BCUT2D eigenvalue weighted by Gasteiger charge is 2.06. The summed E-state index contributed by atoms with van der Waals surface area (Å²) < 4.78 is 14.4. The molecule has 0 aliphatic rings. The number of para-hydroxylation sites is 1. The monoisotopic (exact) mass is 367 g/mol. The largest absolute Gasteiger partial charge is 0.259 e. The van der Waals surface area contributed by atoms with Crippen LogP contribution in [0.25, 0.3) is 10.2 Å². The molecule has 3 aromatic rings. The van der Waals surface area contributed by atoms with Crippen molar-refractivity contribution >= 4 is 55.7 Å². The predicted octanol–water partition coefficient (Wildman–Crippen LogP) is 4.99. The van der Waals surface area contributed by atoms with E-state index in [-0.39, 0.29) is 0 Å². The van der Waals surface area contributed by atoms with Crippen LogP contribution in [0.1, 0.15) is 5.56 Å². The van der Waals surface area contributed by atoms with Gasteiger partial charge in [0.1, 0.15) is 0 Å². The van der Waals surface area contributed by atoms with Gasteiger partial charge in [0.05, 0.1) is 10.2 Å². The van der Waals surface area contributed by atoms with Gasteiger partial charge in [-0.05, 0) is 29.8 Å². The summed E-state index contributed by atoms with van der Waals surface area (Å²) >= 11 is 9.22. The number of benzene rings is 2. The van der Waals surface area contributed by atoms with Gasteiger partial charge in [0.2, 0.25) is 0 Å². The first-order chi connectivity index (χ1) is 10.7. The minimum Gasteiger partial charge on any atom is -0.259 e. The van der Waals surface area contributed by atoms with E-state index in [1.807, 2.05) is 42.5 Å². The fourth-order valence-electron chi connectivity index (χ4n) is 1.97. The number of nitrogens with zero attached hydrogens (tertiary/aromatic N) is 1. The third-order valence-electron chi connectivity index (χ3n) is 3.05. The van der Waals surface area contributed by atoms with Crippen LogP contribution < -0.4 is 0 Å². The van der Waals surface area contributed by atoms with E-state index in [0.717, 1.165) is 21.2 Å². The minimum atomic E-state index is -0.856. The standard InChI is InChI=1S/C16H14ClNOS3/c17-13-7-5-12(6-8-13)11-22(19)10-9-20-16-18-14-3-1-2-4-15(14)21-16/h1-8H,9-11H2/t22-/m0/s1. The van der Waals surface area contributed by atoms with Gasteiger partial charge in [-0.25, -0.2) is 4.98 Å². The number of halogens is 1. The summed E-state index contributed by atoms with van der Waals surface area (Å²) in [7, 11) is -0.856. The molecule has 0 fully saturated rings. The molecule has 0 spiro atoms. The molecule has 0 unspecified atom stereocenters. The molecule has 114 valence electrons. The molecule has 2 aromatic carbocycles. The van der Waals surface area contributed by atoms with Gasteiger partial charge in [0.25, 0.3) is 0 Å². The smallest absolute Gasteiger partial charge is 0.151 e. The highest BCUT2D eigenvalue weighted by molar-refractivity contribution is 8.01. The summed E-state index contributed by atoms with van der Waals surface area (Å²) in [5.74, 6) is 2.07. The normalized spacial score (nSPS) is 12.6. The molecule has 2 nitrogen and oxygen atoms in total. The zero-order valence-corrected chi connectivity index (χ0v) is 14.9. The van der Waals surface area contributed by atoms with E-state index in [1.165, 1.54) is 4.70 Å². The van der Waals surface area contributed by atoms with Gasteiger partial charge < -0.3 is 0 Å². The average molecular weight is 368 g/mol. The molecule has 3 rings (SSSR count). The zero-order valence-electron chi connectivity index (χ0n) is 11.7. The Bertz CT molecular complexity index is 752. The van der Waals surface area contributed by atoms with Crippen LogP contribution in [0.15, 0.2) is 52.9 Å². The molecule has 0 amide bonds. The van der Waals surface area contributed by atoms with E-state index in [1.54, 1.807) is 23.1 Å². The number of thiazole rings is 1. The maximum absolute atomic E-state index is 12.1. The Kier molecular flexibility index (Phi) is 5.52. The Balaban J connectivity index is 1.49. The van der Waals surface area contributed by atoms with Gasteiger partial charge in [0.15, 0.2) is 4.34 Å². The van der Waals surface area contributed by atoms with E-state index in [0.29, 0.717) is 16.5 Å². The van der Waals surface area contributed by atoms with Crippen molar-refractivity contribution in [3.8, 4) is 0 Å². The second kappa shape index (κ2) is 7.59. The van der Waals surface area contributed by atoms with E-state index < -0.39 is 10.8 Å². The van der Waals surface area contributed by atoms with Crippen LogP contribution >= 0.6 is 34.7 Å². The molecule has 0 aliphatic heterocycles. The fourth-order valence-corrected chi connectivity index (χ4v) is 5.67. The molecule has 6 heteroatoms. The van der Waals surface area contributed by atoms with Crippen molar-refractivity contribution in [1.29, 1.82) is 0 Å². The molecular weight excluding hydrogens is 354 g/mol. The summed E-state index contributed by atoms with van der Waals surface area (Å²) in [6, 6.07) is 15.7. The van der Waals surface area contributed by atoms with Crippen molar-refractivity contribution in [2.45, 2.75) is 10.1 Å². The second-order valence-electron chi connectivity index (χ2n) is 4.71. The van der Waals surface area contributed by atoms with Crippen molar-refractivity contribution in [1.82, 2.24) is 4.98 Å². The van der Waals surface area contributed by atoms with E-state index >= 15 is 0 Å². The highest BCUT2D eigenvalue weighted by Crippen LogP contribution is 2.29. The molecule has 0 N–H and O–H groups in total. The quantitative estimate of drug-likeness (QED) is 0.575. The maximum Gasteiger partial charge on any atom is 0.151 e. The molecule has 0 aliphatic carbocycles. The fraction of sp³-hybridized carbons (Fsp3) is 0.188. The van der Waals surface area contributed by atoms with Crippen LogP contribution in [-0.4, -0.2) is 20.7 Å². The highest BCUT2D eigenvalue weighted by atomic mass is 35.5. The van der Waals surface area contributed by atoms with Gasteiger partial charge in [0, 0.05) is 33.1 Å². The first-order valence-electron chi connectivity index (χ1n) is 6.78. The van der Waals surface area contributed by atoms with Gasteiger partial charge in [-0.2, -0.15) is 0 Å².